The molecule has 0 atom stereocenters. The fourth-order valence-electron chi connectivity index (χ4n) is 0.117. The molecule has 7 heavy (non-hydrogen) atoms. The van der Waals surface area contributed by atoms with Gasteiger partial charge in [-0.05, 0) is 0 Å². The first-order valence-electron chi connectivity index (χ1n) is 3.80. The summed E-state index contributed by atoms with van der Waals surface area (Å²) in [6, 6.07) is 0. The molecule has 0 saturated heterocycles. The Balaban J connectivity index is 4.23. The average molecular weight is 102 g/mol. The molecule has 0 aromatic heterocycles. The van der Waals surface area contributed by atoms with Gasteiger partial charge in [-0.15, -0.1) is 13.2 Å². The van der Waals surface area contributed by atoms with Crippen LogP contribution < -0.4 is 0 Å². The van der Waals surface area contributed by atoms with Crippen LogP contribution in [0.2, 0.25) is 0 Å². The second-order valence-corrected chi connectivity index (χ2v) is 0.746. The first kappa shape index (κ1) is 2.14. The molecule has 0 unspecified atom stereocenters. The zero-order chi connectivity index (χ0) is 9.12. The van der Waals surface area contributed by atoms with Gasteiger partial charge in [-0.2, -0.15) is 0 Å². The largest absolute Gasteiger partial charge is 0.373 e. The van der Waals surface area contributed by atoms with Gasteiger partial charge in [0, 0.05) is 0 Å². The molecule has 0 bridgehead atoms. The van der Waals surface area contributed by atoms with Gasteiger partial charge < -0.3 is 4.74 Å². The van der Waals surface area contributed by atoms with E-state index < -0.39 is 13.1 Å². The van der Waals surface area contributed by atoms with Crippen molar-refractivity contribution in [3.05, 3.63) is 25.3 Å². The fourth-order valence-corrected chi connectivity index (χ4v) is 0.117. The quantitative estimate of drug-likeness (QED) is 0.487. The number of hydrogen-bond acceptors (Lipinski definition) is 1. The van der Waals surface area contributed by atoms with E-state index in [0.29, 0.717) is 0 Å². The molecule has 0 N–H and O–H groups in total. The van der Waals surface area contributed by atoms with Crippen molar-refractivity contribution in [2.75, 3.05) is 13.1 Å². The topological polar surface area (TPSA) is 9.23 Å². The van der Waals surface area contributed by atoms with Gasteiger partial charge in [0.05, 0.1) is 18.6 Å². The molecule has 0 spiro atoms. The summed E-state index contributed by atoms with van der Waals surface area (Å²) in [5, 5.41) is 0. The van der Waals surface area contributed by atoms with Gasteiger partial charge in [0.1, 0.15) is 0 Å². The predicted octanol–water partition coefficient (Wildman–Crippen LogP) is 1.38. The van der Waals surface area contributed by atoms with Gasteiger partial charge in [0.15, 0.2) is 0 Å². The van der Waals surface area contributed by atoms with E-state index in [-0.39, 0.29) is 0 Å². The number of rotatable bonds is 4. The van der Waals surface area contributed by atoms with Crippen LogP contribution in [0.4, 0.5) is 0 Å². The van der Waals surface area contributed by atoms with Crippen molar-refractivity contribution < 1.29 is 10.2 Å². The Hall–Kier alpha value is -0.560. The summed E-state index contributed by atoms with van der Waals surface area (Å²) < 4.78 is 32.2. The SMILES string of the molecule is [2H]C([2H])(C=C)OC([2H])([2H])C=C. The highest BCUT2D eigenvalue weighted by Crippen LogP contribution is 1.72. The van der Waals surface area contributed by atoms with Gasteiger partial charge in [0.25, 0.3) is 0 Å². The van der Waals surface area contributed by atoms with Crippen LogP contribution in [-0.2, 0) is 4.74 Å². The molecular formula is C6H10O. The Kier molecular flexibility index (Phi) is 1.66. The Labute approximate surface area is 49.9 Å². The molecule has 0 saturated carbocycles. The van der Waals surface area contributed by atoms with E-state index in [2.05, 4.69) is 17.9 Å². The highest BCUT2D eigenvalue weighted by molar-refractivity contribution is 4.68. The van der Waals surface area contributed by atoms with Crippen LogP contribution >= 0.6 is 0 Å². The molecule has 0 aliphatic rings. The van der Waals surface area contributed by atoms with Crippen molar-refractivity contribution in [3.63, 3.8) is 0 Å². The van der Waals surface area contributed by atoms with E-state index in [1.807, 2.05) is 0 Å². The minimum absolute atomic E-state index is 0.883. The lowest BCUT2D eigenvalue weighted by molar-refractivity contribution is 0.194. The fraction of sp³-hybridized carbons (Fsp3) is 0.333. The maximum absolute atomic E-state index is 6.97. The molecule has 0 amide bonds. The molecule has 0 aromatic carbocycles. The van der Waals surface area contributed by atoms with Crippen LogP contribution in [0.5, 0.6) is 0 Å². The van der Waals surface area contributed by atoms with E-state index in [4.69, 9.17) is 5.48 Å². The molecule has 0 radical (unpaired) electrons. The molecule has 0 aromatic rings. The summed E-state index contributed by atoms with van der Waals surface area (Å²) in [5.41, 5.74) is 0. The number of ether oxygens (including phenoxy) is 1. The van der Waals surface area contributed by atoms with Crippen LogP contribution in [0.1, 0.15) is 5.48 Å². The van der Waals surface area contributed by atoms with E-state index >= 15 is 0 Å². The van der Waals surface area contributed by atoms with Crippen molar-refractivity contribution in [1.82, 2.24) is 0 Å². The van der Waals surface area contributed by atoms with Crippen molar-refractivity contribution in [2.45, 2.75) is 0 Å². The van der Waals surface area contributed by atoms with Gasteiger partial charge >= 0.3 is 0 Å². The standard InChI is InChI=1S/C6H10O/c1-3-5-7-6-4-2/h3-4H,1-2,5-6H2/i5D2,6D2. The van der Waals surface area contributed by atoms with Crippen LogP contribution in [0.15, 0.2) is 25.3 Å². The van der Waals surface area contributed by atoms with Crippen LogP contribution in [0.3, 0.4) is 0 Å². The lowest BCUT2D eigenvalue weighted by atomic mass is 10.6. The molecule has 40 valence electrons. The molecule has 1 heteroatoms. The predicted molar refractivity (Wildman–Crippen MR) is 31.2 cm³/mol. The Morgan fingerprint density at radius 1 is 1.43 bits per heavy atom. The molecule has 0 fully saturated rings. The van der Waals surface area contributed by atoms with E-state index in [1.165, 1.54) is 0 Å². The summed E-state index contributed by atoms with van der Waals surface area (Å²) in [6.45, 7) is 1.99. The Morgan fingerprint density at radius 2 is 1.86 bits per heavy atom. The summed E-state index contributed by atoms with van der Waals surface area (Å²) in [7, 11) is 0. The minimum atomic E-state index is -2.16. The normalized spacial score (nSPS) is 20.6. The van der Waals surface area contributed by atoms with E-state index in [9.17, 15) is 0 Å². The van der Waals surface area contributed by atoms with Crippen LogP contribution in [0.25, 0.3) is 0 Å². The molecule has 1 nitrogen and oxygen atoms in total. The summed E-state index contributed by atoms with van der Waals surface area (Å²) in [6.07, 6.45) is 1.77. The summed E-state index contributed by atoms with van der Waals surface area (Å²) in [4.78, 5) is 0. The second-order valence-electron chi connectivity index (χ2n) is 0.746. The average Bonchev–Trinajstić information content (AvgIpc) is 1.86. The summed E-state index contributed by atoms with van der Waals surface area (Å²) in [5.74, 6) is 0. The van der Waals surface area contributed by atoms with Crippen LogP contribution in [-0.4, -0.2) is 13.1 Å². The zero-order valence-corrected chi connectivity index (χ0v) is 3.98. The third kappa shape index (κ3) is 5.44. The van der Waals surface area contributed by atoms with Crippen molar-refractivity contribution in [1.29, 1.82) is 0 Å². The van der Waals surface area contributed by atoms with E-state index in [0.717, 1.165) is 12.2 Å². The Morgan fingerprint density at radius 3 is 2.14 bits per heavy atom. The lowest BCUT2D eigenvalue weighted by Gasteiger charge is -1.89. The first-order valence-corrected chi connectivity index (χ1v) is 1.80. The van der Waals surface area contributed by atoms with Gasteiger partial charge in [-0.3, -0.25) is 0 Å². The Bertz CT molecular complexity index is 146. The minimum Gasteiger partial charge on any atom is -0.373 e. The first-order chi connectivity index (χ1) is 4.83. The number of hydrogen-bond donors (Lipinski definition) is 0. The van der Waals surface area contributed by atoms with Gasteiger partial charge in [-0.1, -0.05) is 12.2 Å². The maximum atomic E-state index is 6.97. The highest BCUT2D eigenvalue weighted by atomic mass is 16.5. The van der Waals surface area contributed by atoms with Crippen molar-refractivity contribution >= 4 is 0 Å². The van der Waals surface area contributed by atoms with Gasteiger partial charge in [0.2, 0.25) is 0 Å². The highest BCUT2D eigenvalue weighted by Gasteiger charge is 1.70. The van der Waals surface area contributed by atoms with Crippen molar-refractivity contribution in [2.24, 2.45) is 0 Å². The molecule has 0 aliphatic heterocycles. The molecule has 0 aliphatic carbocycles. The third-order valence-electron chi connectivity index (χ3n) is 0.285. The maximum Gasteiger partial charge on any atom is 0.0649 e. The molecule has 0 heterocycles. The monoisotopic (exact) mass is 102 g/mol. The summed E-state index contributed by atoms with van der Waals surface area (Å²) >= 11 is 0. The second kappa shape index (κ2) is 5.44. The van der Waals surface area contributed by atoms with Gasteiger partial charge in [-0.25, -0.2) is 0 Å². The third-order valence-corrected chi connectivity index (χ3v) is 0.285. The van der Waals surface area contributed by atoms with Crippen LogP contribution in [0, 0.1) is 0 Å². The molecule has 0 rings (SSSR count). The lowest BCUT2D eigenvalue weighted by Crippen LogP contribution is -1.87. The van der Waals surface area contributed by atoms with Crippen molar-refractivity contribution in [3.8, 4) is 0 Å². The van der Waals surface area contributed by atoms with E-state index in [1.54, 1.807) is 0 Å². The zero-order valence-electron chi connectivity index (χ0n) is 7.98. The smallest absolute Gasteiger partial charge is 0.0649 e. The molecular weight excluding hydrogens is 88.1 g/mol.